The fourth-order valence-corrected chi connectivity index (χ4v) is 8.18. The molecule has 1 amide bonds. The van der Waals surface area contributed by atoms with Gasteiger partial charge in [-0.15, -0.1) is 0 Å². The SMILES string of the molecule is CO[C@]1(C)C[C@@H](C)CN(C)C(C2CN(C(=O)CCN(C)CC(C)C)C2)COC(=O)C(C)(C)C(=O)[C@H](C)[C@H]1O[C@@H]1O[C@H](C)C[C@H](N(C)C)[C@H]1O. The minimum atomic E-state index is -1.46. The highest BCUT2D eigenvalue weighted by molar-refractivity contribution is 6.04. The number of carbonyl (C=O) groups excluding carboxylic acids is 3. The summed E-state index contributed by atoms with van der Waals surface area (Å²) in [6, 6.07) is -0.317. The molecule has 0 spiro atoms. The van der Waals surface area contributed by atoms with Crippen molar-refractivity contribution in [3.63, 3.8) is 0 Å². The number of hydrogen-bond donors (Lipinski definition) is 1. The predicted octanol–water partition coefficient (Wildman–Crippen LogP) is 2.75. The fraction of sp³-hybridized carbons (Fsp3) is 0.919. The molecule has 3 rings (SSSR count). The number of nitrogens with zero attached hydrogens (tertiary/aromatic N) is 4. The van der Waals surface area contributed by atoms with Crippen LogP contribution >= 0.6 is 0 Å². The smallest absolute Gasteiger partial charge is 0.319 e. The lowest BCUT2D eigenvalue weighted by Gasteiger charge is -2.47. The highest BCUT2D eigenvalue weighted by Gasteiger charge is 2.52. The van der Waals surface area contributed by atoms with Crippen molar-refractivity contribution in [2.45, 2.75) is 117 Å². The van der Waals surface area contributed by atoms with E-state index in [-0.39, 0.29) is 48.3 Å². The molecule has 3 aliphatic rings. The molecule has 0 radical (unpaired) electrons. The van der Waals surface area contributed by atoms with Gasteiger partial charge in [0.05, 0.1) is 17.8 Å². The molecule has 0 aromatic carbocycles. The number of methoxy groups -OCH3 is 1. The second-order valence-electron chi connectivity index (χ2n) is 16.8. The molecule has 1 unspecified atom stereocenters. The third-order valence-electron chi connectivity index (χ3n) is 11.1. The summed E-state index contributed by atoms with van der Waals surface area (Å²) in [6.45, 7) is 19.0. The van der Waals surface area contributed by atoms with E-state index >= 15 is 0 Å². The van der Waals surface area contributed by atoms with E-state index in [4.69, 9.17) is 18.9 Å². The van der Waals surface area contributed by atoms with Gasteiger partial charge in [-0.25, -0.2) is 0 Å². The summed E-state index contributed by atoms with van der Waals surface area (Å²) >= 11 is 0. The number of aliphatic hydroxyl groups excluding tert-OH is 1. The van der Waals surface area contributed by atoms with E-state index in [9.17, 15) is 19.5 Å². The Morgan fingerprint density at radius 3 is 2.29 bits per heavy atom. The van der Waals surface area contributed by atoms with Crippen molar-refractivity contribution in [1.82, 2.24) is 19.6 Å². The molecule has 3 heterocycles. The molecular weight excluding hydrogens is 628 g/mol. The van der Waals surface area contributed by atoms with Crippen molar-refractivity contribution in [2.24, 2.45) is 29.1 Å². The van der Waals surface area contributed by atoms with Crippen LogP contribution in [0.15, 0.2) is 0 Å². The van der Waals surface area contributed by atoms with E-state index in [2.05, 4.69) is 30.6 Å². The number of likely N-dealkylation sites (tertiary alicyclic amines) is 1. The van der Waals surface area contributed by atoms with Crippen LogP contribution in [-0.2, 0) is 33.3 Å². The number of likely N-dealkylation sites (N-methyl/N-ethyl adjacent to an activating group) is 2. The van der Waals surface area contributed by atoms with Crippen LogP contribution in [0.25, 0.3) is 0 Å². The van der Waals surface area contributed by atoms with Crippen LogP contribution in [0, 0.1) is 29.1 Å². The van der Waals surface area contributed by atoms with Gasteiger partial charge in [0.25, 0.3) is 0 Å². The van der Waals surface area contributed by atoms with Gasteiger partial charge in [-0.3, -0.25) is 19.3 Å². The number of Topliss-reactive ketones (excluding diaryl/α,β-unsaturated/α-hetero) is 1. The van der Waals surface area contributed by atoms with Gasteiger partial charge < -0.3 is 38.8 Å². The van der Waals surface area contributed by atoms with Crippen LogP contribution in [0.3, 0.4) is 0 Å². The topological polar surface area (TPSA) is 121 Å². The van der Waals surface area contributed by atoms with Crippen molar-refractivity contribution in [1.29, 1.82) is 0 Å². The van der Waals surface area contributed by atoms with Crippen LogP contribution in [0.1, 0.15) is 74.7 Å². The Morgan fingerprint density at radius 2 is 1.71 bits per heavy atom. The van der Waals surface area contributed by atoms with Gasteiger partial charge in [0.15, 0.2) is 12.1 Å². The summed E-state index contributed by atoms with van der Waals surface area (Å²) in [5, 5.41) is 11.3. The van der Waals surface area contributed by atoms with Crippen LogP contribution in [0.2, 0.25) is 0 Å². The maximum absolute atomic E-state index is 14.3. The molecule has 3 saturated heterocycles. The molecule has 284 valence electrons. The minimum Gasteiger partial charge on any atom is -0.463 e. The maximum atomic E-state index is 14.3. The van der Waals surface area contributed by atoms with Crippen LogP contribution in [-0.4, -0.2) is 159 Å². The lowest BCUT2D eigenvalue weighted by atomic mass is 9.74. The van der Waals surface area contributed by atoms with Gasteiger partial charge in [0.1, 0.15) is 18.1 Å². The zero-order chi connectivity index (χ0) is 37.0. The first-order valence-corrected chi connectivity index (χ1v) is 18.3. The first-order chi connectivity index (χ1) is 22.7. The zero-order valence-electron chi connectivity index (χ0n) is 32.7. The van der Waals surface area contributed by atoms with Gasteiger partial charge in [0.2, 0.25) is 5.91 Å². The molecule has 0 aromatic heterocycles. The minimum absolute atomic E-state index is 0.0928. The van der Waals surface area contributed by atoms with E-state index in [0.717, 1.165) is 13.1 Å². The second-order valence-corrected chi connectivity index (χ2v) is 16.8. The Kier molecular flexibility index (Phi) is 14.7. The van der Waals surface area contributed by atoms with E-state index in [1.54, 1.807) is 27.9 Å². The first-order valence-electron chi connectivity index (χ1n) is 18.3. The van der Waals surface area contributed by atoms with Crippen molar-refractivity contribution < 1.29 is 38.4 Å². The number of esters is 1. The molecular formula is C37H68N4O8. The monoisotopic (exact) mass is 697 g/mol. The predicted molar refractivity (Wildman–Crippen MR) is 189 cm³/mol. The van der Waals surface area contributed by atoms with Crippen molar-refractivity contribution in [3.05, 3.63) is 0 Å². The number of amides is 1. The lowest BCUT2D eigenvalue weighted by molar-refractivity contribution is -0.295. The van der Waals surface area contributed by atoms with Gasteiger partial charge in [-0.2, -0.15) is 0 Å². The Morgan fingerprint density at radius 1 is 1.08 bits per heavy atom. The number of rotatable bonds is 10. The normalized spacial score (nSPS) is 35.9. The first kappa shape index (κ1) is 41.7. The summed E-state index contributed by atoms with van der Waals surface area (Å²) < 4.78 is 25.0. The number of cyclic esters (lactones) is 1. The molecule has 12 heteroatoms. The van der Waals surface area contributed by atoms with Gasteiger partial charge in [0, 0.05) is 70.2 Å². The van der Waals surface area contributed by atoms with E-state index in [1.165, 1.54) is 0 Å². The molecule has 0 bridgehead atoms. The third-order valence-corrected chi connectivity index (χ3v) is 11.1. The van der Waals surface area contributed by atoms with Gasteiger partial charge >= 0.3 is 5.97 Å². The quantitative estimate of drug-likeness (QED) is 0.268. The summed E-state index contributed by atoms with van der Waals surface area (Å²) in [5.74, 6) is -0.795. The molecule has 3 aliphatic heterocycles. The summed E-state index contributed by atoms with van der Waals surface area (Å²) in [5.41, 5.74) is -2.42. The van der Waals surface area contributed by atoms with Crippen molar-refractivity contribution in [2.75, 3.05) is 74.6 Å². The molecule has 0 aliphatic carbocycles. The molecule has 0 aromatic rings. The molecule has 9 atom stereocenters. The zero-order valence-corrected chi connectivity index (χ0v) is 32.7. The average Bonchev–Trinajstić information content (AvgIpc) is 2.98. The van der Waals surface area contributed by atoms with Gasteiger partial charge in [-0.05, 0) is 80.6 Å². The summed E-state index contributed by atoms with van der Waals surface area (Å²) in [4.78, 5) is 49.3. The van der Waals surface area contributed by atoms with Crippen LogP contribution in [0.5, 0.6) is 0 Å². The Bertz CT molecular complexity index is 1110. The molecule has 49 heavy (non-hydrogen) atoms. The van der Waals surface area contributed by atoms with Crippen LogP contribution < -0.4 is 0 Å². The highest BCUT2D eigenvalue weighted by Crippen LogP contribution is 2.38. The number of ketones is 1. The van der Waals surface area contributed by atoms with E-state index in [1.807, 2.05) is 51.8 Å². The fourth-order valence-electron chi connectivity index (χ4n) is 8.18. The molecule has 0 saturated carbocycles. The molecule has 1 N–H and O–H groups in total. The second kappa shape index (κ2) is 17.2. The lowest BCUT2D eigenvalue weighted by Crippen LogP contribution is -2.60. The standard InChI is InChI=1S/C37H68N4O8/c1-23(2)18-39(11)15-14-30(42)41-20-27(21-41)29-22-47-35(45)36(6,7)32(44)26(5)33(37(8,46-13)17-24(3)19-40(29)12)49-34-31(43)28(38(9)10)16-25(4)48-34/h23-29,31,33-34,43H,14-22H2,1-13H3/t24-,25-,26+,28+,29?,31-,33-,34+,37-/m1/s1. The van der Waals surface area contributed by atoms with Crippen LogP contribution in [0.4, 0.5) is 0 Å². The Hall–Kier alpha value is -1.67. The number of hydrogen-bond acceptors (Lipinski definition) is 11. The molecule has 12 nitrogen and oxygen atoms in total. The summed E-state index contributed by atoms with van der Waals surface area (Å²) in [7, 11) is 9.54. The highest BCUT2D eigenvalue weighted by atomic mass is 16.7. The van der Waals surface area contributed by atoms with Crippen molar-refractivity contribution >= 4 is 17.7 Å². The average molecular weight is 697 g/mol. The Labute approximate surface area is 296 Å². The van der Waals surface area contributed by atoms with E-state index < -0.39 is 41.4 Å². The summed E-state index contributed by atoms with van der Waals surface area (Å²) in [6.07, 6.45) is -1.27. The number of ether oxygens (including phenoxy) is 4. The maximum Gasteiger partial charge on any atom is 0.319 e. The van der Waals surface area contributed by atoms with Gasteiger partial charge in [-0.1, -0.05) is 27.7 Å². The number of carbonyl (C=O) groups is 3. The van der Waals surface area contributed by atoms with Crippen molar-refractivity contribution in [3.8, 4) is 0 Å². The molecule has 3 fully saturated rings. The Balaban J connectivity index is 1.84. The largest absolute Gasteiger partial charge is 0.463 e. The van der Waals surface area contributed by atoms with E-state index in [0.29, 0.717) is 44.8 Å². The number of aliphatic hydroxyl groups is 1. The third kappa shape index (κ3) is 10.2.